The van der Waals surface area contributed by atoms with Crippen LogP contribution in [0.15, 0.2) is 23.3 Å². The fourth-order valence-corrected chi connectivity index (χ4v) is 1.38. The average Bonchev–Trinajstić information content (AvgIpc) is 2.04. The van der Waals surface area contributed by atoms with E-state index in [4.69, 9.17) is 5.53 Å². The van der Waals surface area contributed by atoms with Crippen molar-refractivity contribution in [3.63, 3.8) is 0 Å². The van der Waals surface area contributed by atoms with Crippen LogP contribution in [0, 0.1) is 9.10 Å². The van der Waals surface area contributed by atoms with E-state index < -0.39 is 0 Å². The third-order valence-corrected chi connectivity index (χ3v) is 2.13. The predicted octanol–water partition coefficient (Wildman–Crippen LogP) is 3.16. The molecule has 0 aliphatic carbocycles. The molecule has 0 atom stereocenters. The maximum Gasteiger partial charge on any atom is 0.162 e. The van der Waals surface area contributed by atoms with E-state index >= 15 is 0 Å². The highest BCUT2D eigenvalue weighted by atomic mass is 127. The normalized spacial score (nSPS) is 9.50. The van der Waals surface area contributed by atoms with E-state index in [0.717, 1.165) is 3.57 Å². The molecule has 12 heavy (non-hydrogen) atoms. The molecular weight excluding hydrogens is 267 g/mol. The number of nitrogens with one attached hydrogen (secondary N) is 1. The van der Waals surface area contributed by atoms with Gasteiger partial charge in [0.1, 0.15) is 0 Å². The van der Waals surface area contributed by atoms with Crippen LogP contribution in [0.25, 0.3) is 0 Å². The maximum atomic E-state index is 11.0. The Labute approximate surface area is 83.8 Å². The Morgan fingerprint density at radius 3 is 2.75 bits per heavy atom. The lowest BCUT2D eigenvalue weighted by Crippen LogP contribution is -1.92. The highest BCUT2D eigenvalue weighted by Gasteiger charge is 2.06. The Bertz CT molecular complexity index is 336. The lowest BCUT2D eigenvalue weighted by atomic mass is 10.1. The summed E-state index contributed by atoms with van der Waals surface area (Å²) < 4.78 is 0.977. The highest BCUT2D eigenvalue weighted by Crippen LogP contribution is 2.21. The van der Waals surface area contributed by atoms with Crippen LogP contribution >= 0.6 is 22.6 Å². The van der Waals surface area contributed by atoms with Gasteiger partial charge in [-0.25, -0.2) is 5.53 Å². The van der Waals surface area contributed by atoms with Crippen molar-refractivity contribution in [2.24, 2.45) is 5.11 Å². The minimum absolute atomic E-state index is 0.0560. The molecule has 1 N–H and O–H groups in total. The Kier molecular flexibility index (Phi) is 2.91. The third kappa shape index (κ3) is 1.88. The SMILES string of the molecule is CC(=O)c1cc(I)ccc1N=N. The Balaban J connectivity index is 3.30. The molecule has 1 aromatic carbocycles. The van der Waals surface area contributed by atoms with E-state index in [1.807, 2.05) is 6.07 Å². The number of nitrogens with zero attached hydrogens (tertiary/aromatic N) is 1. The molecular formula is C8H7IN2O. The summed E-state index contributed by atoms with van der Waals surface area (Å²) in [5.74, 6) is -0.0560. The topological polar surface area (TPSA) is 53.3 Å². The van der Waals surface area contributed by atoms with Crippen molar-refractivity contribution in [3.05, 3.63) is 27.3 Å². The molecule has 0 aromatic heterocycles. The largest absolute Gasteiger partial charge is 0.294 e. The Morgan fingerprint density at radius 2 is 2.25 bits per heavy atom. The zero-order valence-corrected chi connectivity index (χ0v) is 8.62. The number of carbonyl (C=O) groups is 1. The molecule has 0 aliphatic heterocycles. The summed E-state index contributed by atoms with van der Waals surface area (Å²) in [5, 5.41) is 3.26. The van der Waals surface area contributed by atoms with Crippen molar-refractivity contribution >= 4 is 34.1 Å². The summed E-state index contributed by atoms with van der Waals surface area (Å²) in [5.41, 5.74) is 7.76. The van der Waals surface area contributed by atoms with Crippen molar-refractivity contribution in [3.8, 4) is 0 Å². The first-order valence-electron chi connectivity index (χ1n) is 3.33. The number of carbonyl (C=O) groups excluding carboxylic acids is 1. The van der Waals surface area contributed by atoms with Crippen molar-refractivity contribution in [2.45, 2.75) is 6.92 Å². The second-order valence-electron chi connectivity index (χ2n) is 2.33. The molecule has 0 amide bonds. The summed E-state index contributed by atoms with van der Waals surface area (Å²) >= 11 is 2.12. The summed E-state index contributed by atoms with van der Waals surface area (Å²) in [6.07, 6.45) is 0. The Hall–Kier alpha value is -0.780. The fourth-order valence-electron chi connectivity index (χ4n) is 0.888. The molecule has 0 aliphatic rings. The Morgan fingerprint density at radius 1 is 1.58 bits per heavy atom. The van der Waals surface area contributed by atoms with Gasteiger partial charge in [-0.2, -0.15) is 5.11 Å². The number of benzene rings is 1. The van der Waals surface area contributed by atoms with E-state index in [-0.39, 0.29) is 5.78 Å². The van der Waals surface area contributed by atoms with Crippen LogP contribution in [0.3, 0.4) is 0 Å². The molecule has 0 unspecified atom stereocenters. The van der Waals surface area contributed by atoms with Crippen LogP contribution < -0.4 is 0 Å². The van der Waals surface area contributed by atoms with Crippen molar-refractivity contribution in [2.75, 3.05) is 0 Å². The van der Waals surface area contributed by atoms with Gasteiger partial charge in [-0.05, 0) is 47.7 Å². The van der Waals surface area contributed by atoms with Crippen molar-refractivity contribution in [1.29, 1.82) is 5.53 Å². The van der Waals surface area contributed by atoms with E-state index in [0.29, 0.717) is 11.3 Å². The molecule has 0 bridgehead atoms. The van der Waals surface area contributed by atoms with Gasteiger partial charge in [-0.1, -0.05) is 0 Å². The van der Waals surface area contributed by atoms with Gasteiger partial charge in [0.15, 0.2) is 5.78 Å². The monoisotopic (exact) mass is 274 g/mol. The summed E-state index contributed by atoms with van der Waals surface area (Å²) in [6, 6.07) is 5.22. The van der Waals surface area contributed by atoms with Crippen LogP contribution in [0.5, 0.6) is 0 Å². The van der Waals surface area contributed by atoms with Gasteiger partial charge >= 0.3 is 0 Å². The first-order chi connectivity index (χ1) is 5.65. The van der Waals surface area contributed by atoms with Crippen LogP contribution in [0.4, 0.5) is 5.69 Å². The number of hydrogen-bond acceptors (Lipinski definition) is 3. The average molecular weight is 274 g/mol. The molecule has 0 saturated heterocycles. The van der Waals surface area contributed by atoms with Crippen molar-refractivity contribution < 1.29 is 4.79 Å². The van der Waals surface area contributed by atoms with Gasteiger partial charge in [0.25, 0.3) is 0 Å². The van der Waals surface area contributed by atoms with E-state index in [9.17, 15) is 4.79 Å². The van der Waals surface area contributed by atoms with Gasteiger partial charge in [-0.3, -0.25) is 4.79 Å². The second-order valence-corrected chi connectivity index (χ2v) is 3.58. The molecule has 0 heterocycles. The second kappa shape index (κ2) is 3.75. The smallest absolute Gasteiger partial charge is 0.162 e. The van der Waals surface area contributed by atoms with Crippen LogP contribution in [0.2, 0.25) is 0 Å². The quantitative estimate of drug-likeness (QED) is 0.502. The van der Waals surface area contributed by atoms with E-state index in [1.54, 1.807) is 12.1 Å². The lowest BCUT2D eigenvalue weighted by molar-refractivity contribution is 0.101. The van der Waals surface area contributed by atoms with Crippen LogP contribution in [-0.4, -0.2) is 5.78 Å². The van der Waals surface area contributed by atoms with Crippen molar-refractivity contribution in [1.82, 2.24) is 0 Å². The summed E-state index contributed by atoms with van der Waals surface area (Å²) in [7, 11) is 0. The molecule has 0 saturated carbocycles. The standard InChI is InChI=1S/C8H7IN2O/c1-5(12)7-4-6(9)2-3-8(7)11-10/h2-4,10H,1H3. The van der Waals surface area contributed by atoms with Gasteiger partial charge in [0.05, 0.1) is 5.69 Å². The van der Waals surface area contributed by atoms with Gasteiger partial charge in [-0.15, -0.1) is 0 Å². The molecule has 4 heteroatoms. The number of ketones is 1. The molecule has 1 aromatic rings. The lowest BCUT2D eigenvalue weighted by Gasteiger charge is -1.99. The molecule has 0 radical (unpaired) electrons. The summed E-state index contributed by atoms with van der Waals surface area (Å²) in [4.78, 5) is 11.0. The van der Waals surface area contributed by atoms with Gasteiger partial charge < -0.3 is 0 Å². The zero-order valence-electron chi connectivity index (χ0n) is 6.47. The zero-order chi connectivity index (χ0) is 9.14. The van der Waals surface area contributed by atoms with E-state index in [1.165, 1.54) is 6.92 Å². The fraction of sp³-hybridized carbons (Fsp3) is 0.125. The highest BCUT2D eigenvalue weighted by molar-refractivity contribution is 14.1. The van der Waals surface area contributed by atoms with Gasteiger partial charge in [0, 0.05) is 9.13 Å². The minimum Gasteiger partial charge on any atom is -0.294 e. The molecule has 0 fully saturated rings. The number of Topliss-reactive ketones (excluding diaryl/α,β-unsaturated/α-hetero) is 1. The maximum absolute atomic E-state index is 11.0. The first-order valence-corrected chi connectivity index (χ1v) is 4.41. The molecule has 3 nitrogen and oxygen atoms in total. The number of halogens is 1. The van der Waals surface area contributed by atoms with Crippen LogP contribution in [-0.2, 0) is 0 Å². The number of rotatable bonds is 2. The van der Waals surface area contributed by atoms with Gasteiger partial charge in [0.2, 0.25) is 0 Å². The van der Waals surface area contributed by atoms with Crippen LogP contribution in [0.1, 0.15) is 17.3 Å². The minimum atomic E-state index is -0.0560. The molecule has 1 rings (SSSR count). The number of hydrogen-bond donors (Lipinski definition) is 1. The molecule has 62 valence electrons. The summed E-state index contributed by atoms with van der Waals surface area (Å²) in [6.45, 7) is 1.47. The van der Waals surface area contributed by atoms with E-state index in [2.05, 4.69) is 27.7 Å². The first kappa shape index (κ1) is 9.31. The third-order valence-electron chi connectivity index (χ3n) is 1.46. The predicted molar refractivity (Wildman–Crippen MR) is 54.0 cm³/mol. The molecule has 0 spiro atoms.